The van der Waals surface area contributed by atoms with Crippen LogP contribution in [0.5, 0.6) is 11.5 Å². The summed E-state index contributed by atoms with van der Waals surface area (Å²) < 4.78 is 35.7. The maximum atomic E-state index is 12.4. The van der Waals surface area contributed by atoms with Gasteiger partial charge in [0.25, 0.3) is 0 Å². The molecular weight excluding hydrogens is 364 g/mol. The van der Waals surface area contributed by atoms with Gasteiger partial charge in [0.1, 0.15) is 23.0 Å². The maximum Gasteiger partial charge on any atom is 0.339 e. The van der Waals surface area contributed by atoms with Crippen molar-refractivity contribution in [3.63, 3.8) is 0 Å². The van der Waals surface area contributed by atoms with Crippen LogP contribution in [0.2, 0.25) is 0 Å². The van der Waals surface area contributed by atoms with E-state index in [4.69, 9.17) is 8.92 Å². The third-order valence-electron chi connectivity index (χ3n) is 3.64. The topological polar surface area (TPSA) is 77.5 Å². The fourth-order valence-electron chi connectivity index (χ4n) is 2.44. The lowest BCUT2D eigenvalue weighted by molar-refractivity contribution is 0.331. The van der Waals surface area contributed by atoms with Crippen LogP contribution in [0.1, 0.15) is 5.56 Å². The zero-order valence-electron chi connectivity index (χ0n) is 14.8. The van der Waals surface area contributed by atoms with Crippen molar-refractivity contribution >= 4 is 15.8 Å². The molecule has 3 aromatic rings. The molecule has 0 radical (unpaired) electrons. The van der Waals surface area contributed by atoms with Crippen molar-refractivity contribution in [1.29, 1.82) is 0 Å². The normalized spacial score (nSPS) is 11.0. The van der Waals surface area contributed by atoms with Crippen molar-refractivity contribution in [3.05, 3.63) is 78.6 Å². The smallest absolute Gasteiger partial charge is 0.339 e. The summed E-state index contributed by atoms with van der Waals surface area (Å²) in [6.07, 6.45) is 3.42. The molecule has 7 heteroatoms. The lowest BCUT2D eigenvalue weighted by atomic mass is 10.2. The molecule has 140 valence electrons. The monoisotopic (exact) mass is 384 g/mol. The number of hydrogen-bond acceptors (Lipinski definition) is 6. The van der Waals surface area contributed by atoms with Crippen LogP contribution in [0, 0.1) is 6.92 Å². The second-order valence-corrected chi connectivity index (χ2v) is 7.39. The van der Waals surface area contributed by atoms with Gasteiger partial charge < -0.3 is 14.2 Å². The van der Waals surface area contributed by atoms with E-state index in [1.165, 1.54) is 12.1 Å². The fraction of sp³-hybridized carbons (Fsp3) is 0.150. The van der Waals surface area contributed by atoms with E-state index in [1.807, 2.05) is 25.1 Å². The van der Waals surface area contributed by atoms with Gasteiger partial charge in [-0.1, -0.05) is 18.2 Å². The number of anilines is 1. The molecule has 0 spiro atoms. The number of hydrogen-bond donors (Lipinski definition) is 1. The molecule has 3 rings (SSSR count). The van der Waals surface area contributed by atoms with Crippen molar-refractivity contribution in [1.82, 2.24) is 4.98 Å². The first-order valence-electron chi connectivity index (χ1n) is 8.41. The summed E-state index contributed by atoms with van der Waals surface area (Å²) in [6, 6.07) is 16.8. The van der Waals surface area contributed by atoms with Gasteiger partial charge in [-0.15, -0.1) is 0 Å². The number of nitrogens with one attached hydrogen (secondary N) is 1. The zero-order chi connectivity index (χ0) is 19.1. The lowest BCUT2D eigenvalue weighted by Crippen LogP contribution is -2.12. The number of rotatable bonds is 8. The summed E-state index contributed by atoms with van der Waals surface area (Å²) in [5.74, 6) is 0.765. The number of pyridine rings is 1. The van der Waals surface area contributed by atoms with Gasteiger partial charge in [0.2, 0.25) is 0 Å². The second kappa shape index (κ2) is 8.55. The second-order valence-electron chi connectivity index (χ2n) is 5.84. The summed E-state index contributed by atoms with van der Waals surface area (Å²) >= 11 is 0. The Bertz CT molecular complexity index is 977. The first kappa shape index (κ1) is 18.7. The highest BCUT2D eigenvalue weighted by atomic mass is 32.2. The van der Waals surface area contributed by atoms with Gasteiger partial charge in [-0.2, -0.15) is 8.42 Å². The van der Waals surface area contributed by atoms with Crippen LogP contribution in [0.15, 0.2) is 78.0 Å². The van der Waals surface area contributed by atoms with Crippen LogP contribution < -0.4 is 14.2 Å². The molecule has 0 bridgehead atoms. The number of aromatic nitrogens is 1. The van der Waals surface area contributed by atoms with E-state index in [0.717, 1.165) is 11.3 Å². The zero-order valence-corrected chi connectivity index (χ0v) is 15.6. The van der Waals surface area contributed by atoms with Crippen LogP contribution >= 0.6 is 0 Å². The molecule has 0 atom stereocenters. The Labute approximate surface area is 158 Å². The molecule has 27 heavy (non-hydrogen) atoms. The molecule has 0 aliphatic carbocycles. The summed E-state index contributed by atoms with van der Waals surface area (Å²) in [7, 11) is -3.88. The van der Waals surface area contributed by atoms with Gasteiger partial charge in [0.15, 0.2) is 0 Å². The number of ether oxygens (including phenoxy) is 1. The van der Waals surface area contributed by atoms with Gasteiger partial charge in [0, 0.05) is 30.7 Å². The molecule has 0 aliphatic rings. The molecule has 0 aliphatic heterocycles. The van der Waals surface area contributed by atoms with Gasteiger partial charge in [-0.25, -0.2) is 0 Å². The van der Waals surface area contributed by atoms with Crippen molar-refractivity contribution in [2.75, 3.05) is 18.5 Å². The van der Waals surface area contributed by atoms with Crippen LogP contribution in [-0.4, -0.2) is 26.6 Å². The van der Waals surface area contributed by atoms with Crippen LogP contribution in [0.25, 0.3) is 0 Å². The number of aryl methyl sites for hydroxylation is 1. The molecular formula is C20H20N2O4S. The minimum atomic E-state index is -3.88. The summed E-state index contributed by atoms with van der Waals surface area (Å²) in [4.78, 5) is 4.06. The Balaban J connectivity index is 1.62. The SMILES string of the molecule is Cc1cc(OCCNc2ccncc2)cc(OS(=O)(=O)c2ccccc2)c1. The third-order valence-corrected chi connectivity index (χ3v) is 4.90. The summed E-state index contributed by atoms with van der Waals surface area (Å²) in [5, 5.41) is 3.21. The first-order chi connectivity index (χ1) is 13.0. The summed E-state index contributed by atoms with van der Waals surface area (Å²) in [6.45, 7) is 2.86. The van der Waals surface area contributed by atoms with Gasteiger partial charge in [-0.05, 0) is 48.9 Å². The van der Waals surface area contributed by atoms with Gasteiger partial charge in [-0.3, -0.25) is 4.98 Å². The molecule has 0 saturated heterocycles. The molecule has 1 heterocycles. The predicted octanol–water partition coefficient (Wildman–Crippen LogP) is 3.65. The van der Waals surface area contributed by atoms with E-state index in [0.29, 0.717) is 18.9 Å². The lowest BCUT2D eigenvalue weighted by Gasteiger charge is -2.12. The van der Waals surface area contributed by atoms with Crippen LogP contribution in [0.3, 0.4) is 0 Å². The Morgan fingerprint density at radius 1 is 0.963 bits per heavy atom. The molecule has 0 saturated carbocycles. The van der Waals surface area contributed by atoms with Crippen molar-refractivity contribution in [2.45, 2.75) is 11.8 Å². The minimum absolute atomic E-state index is 0.107. The Morgan fingerprint density at radius 2 is 1.67 bits per heavy atom. The van der Waals surface area contributed by atoms with Crippen molar-refractivity contribution in [2.24, 2.45) is 0 Å². The van der Waals surface area contributed by atoms with E-state index in [9.17, 15) is 8.42 Å². The highest BCUT2D eigenvalue weighted by molar-refractivity contribution is 7.87. The fourth-order valence-corrected chi connectivity index (χ4v) is 3.38. The highest BCUT2D eigenvalue weighted by Gasteiger charge is 2.16. The number of benzene rings is 2. The molecule has 6 nitrogen and oxygen atoms in total. The standard InChI is InChI=1S/C20H20N2O4S/c1-16-13-18(25-12-11-22-17-7-9-21-10-8-17)15-19(14-16)26-27(23,24)20-5-3-2-4-6-20/h2-10,13-15H,11-12H2,1H3,(H,21,22). The largest absolute Gasteiger partial charge is 0.492 e. The van der Waals surface area contributed by atoms with Crippen LogP contribution in [-0.2, 0) is 10.1 Å². The molecule has 1 aromatic heterocycles. The van der Waals surface area contributed by atoms with Crippen LogP contribution in [0.4, 0.5) is 5.69 Å². The van der Waals surface area contributed by atoms with E-state index in [2.05, 4.69) is 10.3 Å². The van der Waals surface area contributed by atoms with E-state index in [-0.39, 0.29) is 10.6 Å². The first-order valence-corrected chi connectivity index (χ1v) is 9.82. The van der Waals surface area contributed by atoms with E-state index in [1.54, 1.807) is 42.7 Å². The highest BCUT2D eigenvalue weighted by Crippen LogP contribution is 2.25. The Morgan fingerprint density at radius 3 is 2.41 bits per heavy atom. The van der Waals surface area contributed by atoms with Crippen molar-refractivity contribution < 1.29 is 17.3 Å². The minimum Gasteiger partial charge on any atom is -0.492 e. The van der Waals surface area contributed by atoms with E-state index >= 15 is 0 Å². The Kier molecular flexibility index (Phi) is 5.93. The van der Waals surface area contributed by atoms with Gasteiger partial charge in [0.05, 0.1) is 0 Å². The molecule has 0 amide bonds. The quantitative estimate of drug-likeness (QED) is 0.472. The number of nitrogens with zero attached hydrogens (tertiary/aromatic N) is 1. The molecule has 2 aromatic carbocycles. The van der Waals surface area contributed by atoms with Crippen molar-refractivity contribution in [3.8, 4) is 11.5 Å². The maximum absolute atomic E-state index is 12.4. The Hall–Kier alpha value is -3.06. The molecule has 1 N–H and O–H groups in total. The predicted molar refractivity (Wildman–Crippen MR) is 104 cm³/mol. The average molecular weight is 384 g/mol. The third kappa shape index (κ3) is 5.46. The molecule has 0 fully saturated rings. The van der Waals surface area contributed by atoms with E-state index < -0.39 is 10.1 Å². The summed E-state index contributed by atoms with van der Waals surface area (Å²) in [5.41, 5.74) is 1.80. The van der Waals surface area contributed by atoms with Gasteiger partial charge >= 0.3 is 10.1 Å². The average Bonchev–Trinajstić information content (AvgIpc) is 2.66. The molecule has 0 unspecified atom stereocenters.